The lowest BCUT2D eigenvalue weighted by molar-refractivity contribution is 0.357. The van der Waals surface area contributed by atoms with Crippen LogP contribution in [-0.4, -0.2) is 6.61 Å². The molecule has 0 aromatic heterocycles. The lowest BCUT2D eigenvalue weighted by Crippen LogP contribution is -2.07. The Balaban J connectivity index is 1.95. The molecule has 98 valence electrons. The molecule has 0 saturated heterocycles. The van der Waals surface area contributed by atoms with Crippen LogP contribution in [-0.2, 0) is 0 Å². The first-order chi connectivity index (χ1) is 9.27. The Morgan fingerprint density at radius 1 is 1.05 bits per heavy atom. The molecule has 0 saturated carbocycles. The molecule has 2 heteroatoms. The van der Waals surface area contributed by atoms with Crippen molar-refractivity contribution in [3.8, 4) is 5.75 Å². The summed E-state index contributed by atoms with van der Waals surface area (Å²) >= 11 is 0. The van der Waals surface area contributed by atoms with Crippen molar-refractivity contribution in [1.29, 1.82) is 0 Å². The van der Waals surface area contributed by atoms with E-state index in [1.165, 1.54) is 5.56 Å². The van der Waals surface area contributed by atoms with Gasteiger partial charge in [-0.15, -0.1) is 0 Å². The van der Waals surface area contributed by atoms with Gasteiger partial charge in [0, 0.05) is 11.6 Å². The molecular weight excluding hydrogens is 234 g/mol. The second-order valence-electron chi connectivity index (χ2n) is 4.45. The van der Waals surface area contributed by atoms with Gasteiger partial charge < -0.3 is 10.5 Å². The summed E-state index contributed by atoms with van der Waals surface area (Å²) in [4.78, 5) is 0. The van der Waals surface area contributed by atoms with Crippen LogP contribution in [0.1, 0.15) is 24.1 Å². The van der Waals surface area contributed by atoms with E-state index >= 15 is 0 Å². The van der Waals surface area contributed by atoms with Crippen LogP contribution in [0.5, 0.6) is 5.75 Å². The van der Waals surface area contributed by atoms with Crippen LogP contribution in [0.25, 0.3) is 6.08 Å². The first-order valence-electron chi connectivity index (χ1n) is 6.46. The fourth-order valence-corrected chi connectivity index (χ4v) is 1.87. The largest absolute Gasteiger partial charge is 0.489 e. The molecule has 0 aliphatic heterocycles. The molecule has 0 aliphatic rings. The van der Waals surface area contributed by atoms with E-state index in [1.54, 1.807) is 0 Å². The second-order valence-corrected chi connectivity index (χ2v) is 4.45. The molecule has 1 atom stereocenters. The molecule has 2 aromatic rings. The van der Waals surface area contributed by atoms with E-state index in [1.807, 2.05) is 55.5 Å². The highest BCUT2D eigenvalue weighted by Crippen LogP contribution is 2.23. The molecule has 0 spiro atoms. The van der Waals surface area contributed by atoms with Crippen molar-refractivity contribution in [3.05, 3.63) is 71.8 Å². The molecule has 2 aromatic carbocycles. The Labute approximate surface area is 114 Å². The normalized spacial score (nSPS) is 12.5. The predicted octanol–water partition coefficient (Wildman–Crippen LogP) is 3.80. The van der Waals surface area contributed by atoms with Gasteiger partial charge in [-0.05, 0) is 24.6 Å². The molecular formula is C17H19NO. The zero-order valence-electron chi connectivity index (χ0n) is 11.1. The summed E-state index contributed by atoms with van der Waals surface area (Å²) in [6.07, 6.45) is 4.06. The Morgan fingerprint density at radius 2 is 1.74 bits per heavy atom. The van der Waals surface area contributed by atoms with Crippen molar-refractivity contribution in [1.82, 2.24) is 0 Å². The minimum Gasteiger partial charge on any atom is -0.489 e. The Hall–Kier alpha value is -2.06. The van der Waals surface area contributed by atoms with Crippen molar-refractivity contribution in [2.75, 3.05) is 6.61 Å². The molecule has 0 unspecified atom stereocenters. The third-order valence-corrected chi connectivity index (χ3v) is 2.85. The first kappa shape index (κ1) is 13.4. The summed E-state index contributed by atoms with van der Waals surface area (Å²) in [6, 6.07) is 18.0. The summed E-state index contributed by atoms with van der Waals surface area (Å²) < 4.78 is 5.75. The number of ether oxygens (including phenoxy) is 1. The third-order valence-electron chi connectivity index (χ3n) is 2.85. The van der Waals surface area contributed by atoms with E-state index in [2.05, 4.69) is 18.2 Å². The molecule has 0 bridgehead atoms. The SMILES string of the molecule is C[C@@H](N)c1ccccc1OCC=Cc1ccccc1. The summed E-state index contributed by atoms with van der Waals surface area (Å²) in [5.74, 6) is 0.857. The summed E-state index contributed by atoms with van der Waals surface area (Å²) in [5, 5.41) is 0. The fourth-order valence-electron chi connectivity index (χ4n) is 1.87. The highest BCUT2D eigenvalue weighted by atomic mass is 16.5. The van der Waals surface area contributed by atoms with E-state index < -0.39 is 0 Å². The van der Waals surface area contributed by atoms with Gasteiger partial charge in [-0.2, -0.15) is 0 Å². The lowest BCUT2D eigenvalue weighted by atomic mass is 10.1. The number of hydrogen-bond donors (Lipinski definition) is 1. The van der Waals surface area contributed by atoms with Gasteiger partial charge in [0.1, 0.15) is 12.4 Å². The zero-order valence-corrected chi connectivity index (χ0v) is 11.1. The Morgan fingerprint density at radius 3 is 2.47 bits per heavy atom. The quantitative estimate of drug-likeness (QED) is 0.879. The second kappa shape index (κ2) is 6.76. The van der Waals surface area contributed by atoms with E-state index in [4.69, 9.17) is 10.5 Å². The van der Waals surface area contributed by atoms with Gasteiger partial charge in [0.25, 0.3) is 0 Å². The van der Waals surface area contributed by atoms with Crippen molar-refractivity contribution < 1.29 is 4.74 Å². The Kier molecular flexibility index (Phi) is 4.76. The highest BCUT2D eigenvalue weighted by molar-refractivity contribution is 5.48. The zero-order chi connectivity index (χ0) is 13.5. The third kappa shape index (κ3) is 3.97. The molecule has 0 fully saturated rings. The maximum atomic E-state index is 5.91. The van der Waals surface area contributed by atoms with Crippen LogP contribution in [0.15, 0.2) is 60.7 Å². The van der Waals surface area contributed by atoms with Gasteiger partial charge in [-0.25, -0.2) is 0 Å². The molecule has 2 nitrogen and oxygen atoms in total. The van der Waals surface area contributed by atoms with Crippen molar-refractivity contribution in [2.24, 2.45) is 5.73 Å². The molecule has 0 aliphatic carbocycles. The average Bonchev–Trinajstić information content (AvgIpc) is 2.45. The summed E-state index contributed by atoms with van der Waals surface area (Å²) in [7, 11) is 0. The minimum atomic E-state index is -0.0192. The van der Waals surface area contributed by atoms with Crippen LogP contribution in [0.3, 0.4) is 0 Å². The molecule has 0 heterocycles. The van der Waals surface area contributed by atoms with Gasteiger partial charge in [0.05, 0.1) is 0 Å². The van der Waals surface area contributed by atoms with E-state index in [-0.39, 0.29) is 6.04 Å². The van der Waals surface area contributed by atoms with Crippen LogP contribution in [0.4, 0.5) is 0 Å². The molecule has 2 N–H and O–H groups in total. The number of para-hydroxylation sites is 1. The number of benzene rings is 2. The van der Waals surface area contributed by atoms with Gasteiger partial charge in [0.15, 0.2) is 0 Å². The number of rotatable bonds is 5. The van der Waals surface area contributed by atoms with Crippen molar-refractivity contribution >= 4 is 6.08 Å². The summed E-state index contributed by atoms with van der Waals surface area (Å²) in [6.45, 7) is 2.50. The monoisotopic (exact) mass is 253 g/mol. The van der Waals surface area contributed by atoms with E-state index in [9.17, 15) is 0 Å². The maximum absolute atomic E-state index is 5.91. The standard InChI is InChI=1S/C17H19NO/c1-14(18)16-11-5-6-12-17(16)19-13-7-10-15-8-3-2-4-9-15/h2-12,14H,13,18H2,1H3/t14-/m1/s1. The van der Waals surface area contributed by atoms with Crippen LogP contribution >= 0.6 is 0 Å². The van der Waals surface area contributed by atoms with Gasteiger partial charge in [-0.3, -0.25) is 0 Å². The van der Waals surface area contributed by atoms with Crippen molar-refractivity contribution in [2.45, 2.75) is 13.0 Å². The van der Waals surface area contributed by atoms with Crippen LogP contribution in [0, 0.1) is 0 Å². The van der Waals surface area contributed by atoms with Gasteiger partial charge >= 0.3 is 0 Å². The average molecular weight is 253 g/mol. The number of hydrogen-bond acceptors (Lipinski definition) is 2. The van der Waals surface area contributed by atoms with Crippen LogP contribution < -0.4 is 10.5 Å². The van der Waals surface area contributed by atoms with E-state index in [0.717, 1.165) is 11.3 Å². The fraction of sp³-hybridized carbons (Fsp3) is 0.176. The van der Waals surface area contributed by atoms with Crippen molar-refractivity contribution in [3.63, 3.8) is 0 Å². The minimum absolute atomic E-state index is 0.0192. The lowest BCUT2D eigenvalue weighted by Gasteiger charge is -2.12. The molecule has 0 amide bonds. The van der Waals surface area contributed by atoms with Gasteiger partial charge in [-0.1, -0.05) is 54.6 Å². The van der Waals surface area contributed by atoms with E-state index in [0.29, 0.717) is 6.61 Å². The molecule has 2 rings (SSSR count). The first-order valence-corrected chi connectivity index (χ1v) is 6.46. The Bertz CT molecular complexity index is 532. The summed E-state index contributed by atoms with van der Waals surface area (Å²) in [5.41, 5.74) is 8.12. The topological polar surface area (TPSA) is 35.2 Å². The smallest absolute Gasteiger partial charge is 0.124 e. The van der Waals surface area contributed by atoms with Gasteiger partial charge in [0.2, 0.25) is 0 Å². The predicted molar refractivity (Wildman–Crippen MR) is 80.0 cm³/mol. The molecule has 0 radical (unpaired) electrons. The highest BCUT2D eigenvalue weighted by Gasteiger charge is 2.05. The van der Waals surface area contributed by atoms with Crippen LogP contribution in [0.2, 0.25) is 0 Å². The molecule has 19 heavy (non-hydrogen) atoms. The number of nitrogens with two attached hydrogens (primary N) is 1. The maximum Gasteiger partial charge on any atom is 0.124 e.